The van der Waals surface area contributed by atoms with Gasteiger partial charge in [-0.25, -0.2) is 0 Å². The molecule has 0 amide bonds. The number of nitrogens with zero attached hydrogens (tertiary/aromatic N) is 2. The summed E-state index contributed by atoms with van der Waals surface area (Å²) < 4.78 is 5.98. The molecule has 1 saturated heterocycles. The molecule has 0 radical (unpaired) electrons. The Morgan fingerprint density at radius 3 is 2.57 bits per heavy atom. The Hall–Kier alpha value is -1.80. The minimum Gasteiger partial charge on any atom is -0.493 e. The Morgan fingerprint density at radius 2 is 1.93 bits per heavy atom. The number of hydrogen-bond acceptors (Lipinski definition) is 7. The highest BCUT2D eigenvalue weighted by Gasteiger charge is 2.27. The lowest BCUT2D eigenvalue weighted by Gasteiger charge is -2.34. The minimum atomic E-state index is -0.664. The molecule has 0 aromatic heterocycles. The van der Waals surface area contributed by atoms with Crippen LogP contribution in [-0.2, 0) is 0 Å². The average Bonchev–Trinajstić information content (AvgIpc) is 2.81. The number of hydrogen-bond donors (Lipinski definition) is 3. The molecule has 2 unspecified atom stereocenters. The van der Waals surface area contributed by atoms with Crippen molar-refractivity contribution in [2.45, 2.75) is 38.3 Å². The molecule has 1 aliphatic carbocycles. The molecule has 1 aromatic carbocycles. The number of aliphatic hydroxyl groups excluding tert-OH is 2. The van der Waals surface area contributed by atoms with Crippen molar-refractivity contribution >= 4 is 5.57 Å². The summed E-state index contributed by atoms with van der Waals surface area (Å²) in [5.41, 5.74) is 2.50. The van der Waals surface area contributed by atoms with E-state index in [1.165, 1.54) is 24.0 Å². The SMILES string of the molecule is O=NCCN(CCO)C(O)C1CC=C(c2ccc(OCC3CCNCC3)cc2)CC1. The van der Waals surface area contributed by atoms with E-state index in [4.69, 9.17) is 4.74 Å². The maximum absolute atomic E-state index is 10.7. The number of nitrogens with one attached hydrogen (secondary N) is 1. The van der Waals surface area contributed by atoms with Gasteiger partial charge in [0, 0.05) is 19.0 Å². The van der Waals surface area contributed by atoms with E-state index in [0.717, 1.165) is 44.7 Å². The fraction of sp³-hybridized carbons (Fsp3) is 0.652. The molecule has 1 aromatic rings. The summed E-state index contributed by atoms with van der Waals surface area (Å²) >= 11 is 0. The molecule has 7 nitrogen and oxygen atoms in total. The standard InChI is InChI=1S/C23H35N3O4/c27-16-15-26(14-13-25-29)23(28)21-3-1-19(2-4-21)20-5-7-22(8-6-20)30-17-18-9-11-24-12-10-18/h1,5-8,18,21,23-24,27-28H,2-4,9-17H2. The highest BCUT2D eigenvalue weighted by Crippen LogP contribution is 2.33. The zero-order chi connectivity index (χ0) is 21.2. The van der Waals surface area contributed by atoms with Crippen LogP contribution in [0.15, 0.2) is 35.5 Å². The molecule has 3 rings (SSSR count). The van der Waals surface area contributed by atoms with Gasteiger partial charge in [0.05, 0.1) is 19.8 Å². The van der Waals surface area contributed by atoms with E-state index in [2.05, 4.69) is 28.7 Å². The van der Waals surface area contributed by atoms with Gasteiger partial charge in [0.25, 0.3) is 0 Å². The number of rotatable bonds is 11. The number of ether oxygens (including phenoxy) is 1. The van der Waals surface area contributed by atoms with Crippen molar-refractivity contribution in [3.8, 4) is 5.75 Å². The van der Waals surface area contributed by atoms with Gasteiger partial charge >= 0.3 is 0 Å². The van der Waals surface area contributed by atoms with Crippen LogP contribution in [0.3, 0.4) is 0 Å². The molecule has 1 aliphatic heterocycles. The molecule has 1 fully saturated rings. The van der Waals surface area contributed by atoms with Gasteiger partial charge in [0.1, 0.15) is 12.0 Å². The monoisotopic (exact) mass is 417 g/mol. The van der Waals surface area contributed by atoms with Gasteiger partial charge in [0.2, 0.25) is 0 Å². The zero-order valence-corrected chi connectivity index (χ0v) is 17.7. The second-order valence-electron chi connectivity index (χ2n) is 8.32. The van der Waals surface area contributed by atoms with Gasteiger partial charge in [0.15, 0.2) is 0 Å². The van der Waals surface area contributed by atoms with E-state index >= 15 is 0 Å². The van der Waals surface area contributed by atoms with Crippen molar-refractivity contribution in [1.29, 1.82) is 0 Å². The Balaban J connectivity index is 1.51. The predicted molar refractivity (Wildman–Crippen MR) is 118 cm³/mol. The number of allylic oxidation sites excluding steroid dienone is 2. The van der Waals surface area contributed by atoms with Crippen molar-refractivity contribution < 1.29 is 14.9 Å². The van der Waals surface area contributed by atoms with Crippen LogP contribution in [0.1, 0.15) is 37.7 Å². The van der Waals surface area contributed by atoms with Crippen molar-refractivity contribution in [2.75, 3.05) is 45.9 Å². The van der Waals surface area contributed by atoms with E-state index in [1.54, 1.807) is 4.90 Å². The molecule has 7 heteroatoms. The predicted octanol–water partition coefficient (Wildman–Crippen LogP) is 2.63. The van der Waals surface area contributed by atoms with Crippen molar-refractivity contribution in [3.05, 3.63) is 40.8 Å². The molecule has 166 valence electrons. The number of aliphatic hydroxyl groups is 2. The second-order valence-corrected chi connectivity index (χ2v) is 8.32. The maximum atomic E-state index is 10.7. The zero-order valence-electron chi connectivity index (χ0n) is 17.7. The van der Waals surface area contributed by atoms with E-state index in [0.29, 0.717) is 19.0 Å². The first-order valence-electron chi connectivity index (χ1n) is 11.2. The summed E-state index contributed by atoms with van der Waals surface area (Å²) in [6, 6.07) is 8.34. The lowest BCUT2D eigenvalue weighted by atomic mass is 9.85. The fourth-order valence-corrected chi connectivity index (χ4v) is 4.39. The third-order valence-electron chi connectivity index (χ3n) is 6.28. The van der Waals surface area contributed by atoms with E-state index in [-0.39, 0.29) is 19.1 Å². The van der Waals surface area contributed by atoms with E-state index in [9.17, 15) is 15.1 Å². The van der Waals surface area contributed by atoms with Crippen molar-refractivity contribution in [3.63, 3.8) is 0 Å². The molecule has 0 bridgehead atoms. The average molecular weight is 418 g/mol. The van der Waals surface area contributed by atoms with E-state index in [1.807, 2.05) is 12.1 Å². The molecule has 30 heavy (non-hydrogen) atoms. The van der Waals surface area contributed by atoms with Gasteiger partial charge in [-0.3, -0.25) is 4.90 Å². The second kappa shape index (κ2) is 12.2. The molecule has 3 N–H and O–H groups in total. The molecule has 1 heterocycles. The summed E-state index contributed by atoms with van der Waals surface area (Å²) in [4.78, 5) is 12.2. The molecule has 2 atom stereocenters. The van der Waals surface area contributed by atoms with Crippen LogP contribution in [0, 0.1) is 16.7 Å². The first-order valence-corrected chi connectivity index (χ1v) is 11.2. The summed E-state index contributed by atoms with van der Waals surface area (Å²) in [6.07, 6.45) is 6.45. The first-order chi connectivity index (χ1) is 14.7. The Kier molecular flexibility index (Phi) is 9.27. The number of nitroso groups, excluding NO2 is 1. The fourth-order valence-electron chi connectivity index (χ4n) is 4.39. The topological polar surface area (TPSA) is 94.4 Å². The third kappa shape index (κ3) is 6.60. The van der Waals surface area contributed by atoms with Crippen LogP contribution in [0.25, 0.3) is 5.57 Å². The highest BCUT2D eigenvalue weighted by atomic mass is 16.5. The lowest BCUT2D eigenvalue weighted by molar-refractivity contribution is -0.0468. The Bertz CT molecular complexity index is 674. The Labute approximate surface area is 179 Å². The summed E-state index contributed by atoms with van der Waals surface area (Å²) in [6.45, 7) is 3.75. The third-order valence-corrected chi connectivity index (χ3v) is 6.28. The normalized spacial score (nSPS) is 21.3. The van der Waals surface area contributed by atoms with Crippen LogP contribution in [-0.4, -0.2) is 67.3 Å². The van der Waals surface area contributed by atoms with Gasteiger partial charge < -0.3 is 20.3 Å². The highest BCUT2D eigenvalue weighted by molar-refractivity contribution is 5.66. The van der Waals surface area contributed by atoms with Gasteiger partial charge in [-0.15, -0.1) is 0 Å². The molecule has 2 aliphatic rings. The molecule has 0 saturated carbocycles. The van der Waals surface area contributed by atoms with Crippen LogP contribution in [0.2, 0.25) is 0 Å². The maximum Gasteiger partial charge on any atom is 0.119 e. The summed E-state index contributed by atoms with van der Waals surface area (Å²) in [5.74, 6) is 1.66. The summed E-state index contributed by atoms with van der Waals surface area (Å²) in [5, 5.41) is 26.1. The van der Waals surface area contributed by atoms with Crippen molar-refractivity contribution in [1.82, 2.24) is 10.2 Å². The van der Waals surface area contributed by atoms with Gasteiger partial charge in [-0.1, -0.05) is 23.4 Å². The van der Waals surface area contributed by atoms with Crippen LogP contribution in [0.4, 0.5) is 0 Å². The molecule has 0 spiro atoms. The molecular weight excluding hydrogens is 382 g/mol. The number of piperidine rings is 1. The smallest absolute Gasteiger partial charge is 0.119 e. The molecular formula is C23H35N3O4. The van der Waals surface area contributed by atoms with E-state index < -0.39 is 6.23 Å². The van der Waals surface area contributed by atoms with Crippen LogP contribution < -0.4 is 10.1 Å². The Morgan fingerprint density at radius 1 is 1.17 bits per heavy atom. The van der Waals surface area contributed by atoms with Crippen LogP contribution in [0.5, 0.6) is 5.75 Å². The summed E-state index contributed by atoms with van der Waals surface area (Å²) in [7, 11) is 0. The quantitative estimate of drug-likeness (QED) is 0.379. The van der Waals surface area contributed by atoms with Gasteiger partial charge in [-0.2, -0.15) is 4.91 Å². The lowest BCUT2D eigenvalue weighted by Crippen LogP contribution is -2.44. The van der Waals surface area contributed by atoms with Gasteiger partial charge in [-0.05, 0) is 74.4 Å². The first kappa shape index (κ1) is 22.9. The van der Waals surface area contributed by atoms with Crippen LogP contribution >= 0.6 is 0 Å². The van der Waals surface area contributed by atoms with Crippen molar-refractivity contribution in [2.24, 2.45) is 17.0 Å². The minimum absolute atomic E-state index is 0.0459. The number of benzene rings is 1. The largest absolute Gasteiger partial charge is 0.493 e.